The van der Waals surface area contributed by atoms with Gasteiger partial charge in [0.25, 0.3) is 0 Å². The van der Waals surface area contributed by atoms with E-state index in [0.29, 0.717) is 0 Å². The van der Waals surface area contributed by atoms with E-state index in [1.54, 1.807) is 0 Å². The first kappa shape index (κ1) is 17.7. The summed E-state index contributed by atoms with van der Waals surface area (Å²) in [5.41, 5.74) is 0.891. The molecule has 0 bridgehead atoms. The van der Waals surface area contributed by atoms with Gasteiger partial charge in [-0.15, -0.1) is 0 Å². The lowest BCUT2D eigenvalue weighted by Crippen LogP contribution is -2.50. The third kappa shape index (κ3) is 6.57. The first-order valence-corrected chi connectivity index (χ1v) is 8.53. The minimum absolute atomic E-state index is 0.186. The molecule has 0 radical (unpaired) electrons. The van der Waals surface area contributed by atoms with Gasteiger partial charge in [-0.05, 0) is 58.2 Å². The van der Waals surface area contributed by atoms with Crippen LogP contribution in [-0.2, 0) is 11.2 Å². The zero-order valence-corrected chi connectivity index (χ0v) is 14.6. The third-order valence-corrected chi connectivity index (χ3v) is 3.94. The summed E-state index contributed by atoms with van der Waals surface area (Å²) in [6.07, 6.45) is 7.02. The van der Waals surface area contributed by atoms with E-state index < -0.39 is 5.60 Å². The highest BCUT2D eigenvalue weighted by molar-refractivity contribution is 5.68. The van der Waals surface area contributed by atoms with Crippen LogP contribution in [0.4, 0.5) is 4.79 Å². The molecule has 1 saturated heterocycles. The van der Waals surface area contributed by atoms with Crippen molar-refractivity contribution < 1.29 is 9.53 Å². The summed E-state index contributed by atoms with van der Waals surface area (Å²) in [4.78, 5) is 20.4. The lowest BCUT2D eigenvalue weighted by atomic mass is 10.1. The van der Waals surface area contributed by atoms with Crippen LogP contribution in [0.1, 0.15) is 39.2 Å². The van der Waals surface area contributed by atoms with E-state index in [1.807, 2.05) is 44.1 Å². The Bertz CT molecular complexity index is 477. The number of carbonyl (C=O) groups is 1. The summed E-state index contributed by atoms with van der Waals surface area (Å²) in [5.74, 6) is 0. The Balaban J connectivity index is 1.60. The van der Waals surface area contributed by atoms with Gasteiger partial charge in [0, 0.05) is 38.6 Å². The highest BCUT2D eigenvalue weighted by atomic mass is 16.6. The minimum Gasteiger partial charge on any atom is -0.444 e. The molecule has 5 heteroatoms. The van der Waals surface area contributed by atoms with E-state index in [0.717, 1.165) is 39.1 Å². The van der Waals surface area contributed by atoms with Crippen LogP contribution < -0.4 is 0 Å². The van der Waals surface area contributed by atoms with Gasteiger partial charge in [-0.1, -0.05) is 6.07 Å². The van der Waals surface area contributed by atoms with Crippen molar-refractivity contribution in [1.82, 2.24) is 14.8 Å². The summed E-state index contributed by atoms with van der Waals surface area (Å²) in [6.45, 7) is 10.2. The van der Waals surface area contributed by atoms with Crippen LogP contribution in [0.3, 0.4) is 0 Å². The van der Waals surface area contributed by atoms with Crippen molar-refractivity contribution in [1.29, 1.82) is 0 Å². The number of nitrogens with zero attached hydrogens (tertiary/aromatic N) is 3. The monoisotopic (exact) mass is 319 g/mol. The van der Waals surface area contributed by atoms with Crippen LogP contribution in [0.2, 0.25) is 0 Å². The van der Waals surface area contributed by atoms with Crippen molar-refractivity contribution in [3.05, 3.63) is 30.1 Å². The number of hydrogen-bond acceptors (Lipinski definition) is 4. The number of ether oxygens (including phenoxy) is 1. The van der Waals surface area contributed by atoms with Crippen LogP contribution in [0.15, 0.2) is 24.5 Å². The van der Waals surface area contributed by atoms with E-state index in [-0.39, 0.29) is 6.09 Å². The van der Waals surface area contributed by atoms with Gasteiger partial charge < -0.3 is 9.64 Å². The number of carbonyl (C=O) groups excluding carboxylic acids is 1. The molecule has 0 saturated carbocycles. The fourth-order valence-electron chi connectivity index (χ4n) is 2.69. The van der Waals surface area contributed by atoms with Gasteiger partial charge in [0.15, 0.2) is 0 Å². The Kier molecular flexibility index (Phi) is 6.39. The van der Waals surface area contributed by atoms with Gasteiger partial charge in [-0.2, -0.15) is 0 Å². The summed E-state index contributed by atoms with van der Waals surface area (Å²) < 4.78 is 5.42. The molecule has 1 aromatic heterocycles. The second-order valence-corrected chi connectivity index (χ2v) is 7.13. The summed E-state index contributed by atoms with van der Waals surface area (Å²) >= 11 is 0. The van der Waals surface area contributed by atoms with Crippen molar-refractivity contribution in [2.24, 2.45) is 0 Å². The predicted molar refractivity (Wildman–Crippen MR) is 91.4 cm³/mol. The average Bonchev–Trinajstić information content (AvgIpc) is 2.51. The number of aryl methyl sites for hydroxylation is 1. The summed E-state index contributed by atoms with van der Waals surface area (Å²) in [7, 11) is 0. The number of piperazine rings is 1. The van der Waals surface area contributed by atoms with Gasteiger partial charge >= 0.3 is 6.09 Å². The van der Waals surface area contributed by atoms with E-state index in [2.05, 4.69) is 16.0 Å². The summed E-state index contributed by atoms with van der Waals surface area (Å²) in [6, 6.07) is 4.12. The predicted octanol–water partition coefficient (Wildman–Crippen LogP) is 2.96. The lowest BCUT2D eigenvalue weighted by molar-refractivity contribution is 0.0144. The first-order chi connectivity index (χ1) is 10.9. The Morgan fingerprint density at radius 2 is 1.96 bits per heavy atom. The van der Waals surface area contributed by atoms with Crippen LogP contribution in [0, 0.1) is 0 Å². The molecule has 0 N–H and O–H groups in total. The van der Waals surface area contributed by atoms with E-state index in [9.17, 15) is 4.79 Å². The average molecular weight is 319 g/mol. The zero-order chi connectivity index (χ0) is 16.7. The molecule has 1 aliphatic heterocycles. The Morgan fingerprint density at radius 1 is 1.22 bits per heavy atom. The summed E-state index contributed by atoms with van der Waals surface area (Å²) in [5, 5.41) is 0. The normalized spacial score (nSPS) is 16.4. The first-order valence-electron chi connectivity index (χ1n) is 8.53. The highest BCUT2D eigenvalue weighted by Crippen LogP contribution is 2.12. The quantitative estimate of drug-likeness (QED) is 0.783. The van der Waals surface area contributed by atoms with Crippen LogP contribution in [0.25, 0.3) is 0 Å². The van der Waals surface area contributed by atoms with E-state index in [4.69, 9.17) is 4.74 Å². The van der Waals surface area contributed by atoms with Crippen molar-refractivity contribution in [3.8, 4) is 0 Å². The molecule has 1 aromatic rings. The third-order valence-electron chi connectivity index (χ3n) is 3.94. The van der Waals surface area contributed by atoms with Crippen molar-refractivity contribution >= 4 is 6.09 Å². The van der Waals surface area contributed by atoms with Gasteiger partial charge in [-0.25, -0.2) is 4.79 Å². The number of aromatic nitrogens is 1. The molecule has 0 aromatic carbocycles. The molecule has 0 unspecified atom stereocenters. The van der Waals surface area contributed by atoms with Crippen molar-refractivity contribution in [2.45, 2.75) is 45.6 Å². The number of hydrogen-bond donors (Lipinski definition) is 0. The maximum absolute atomic E-state index is 12.0. The highest BCUT2D eigenvalue weighted by Gasteiger charge is 2.25. The van der Waals surface area contributed by atoms with Crippen LogP contribution in [-0.4, -0.2) is 59.2 Å². The molecular weight excluding hydrogens is 290 g/mol. The molecule has 23 heavy (non-hydrogen) atoms. The molecule has 5 nitrogen and oxygen atoms in total. The van der Waals surface area contributed by atoms with E-state index in [1.165, 1.54) is 18.4 Å². The smallest absolute Gasteiger partial charge is 0.410 e. The molecule has 1 amide bonds. The molecule has 1 fully saturated rings. The van der Waals surface area contributed by atoms with Gasteiger partial charge in [0.2, 0.25) is 0 Å². The van der Waals surface area contributed by atoms with Crippen LogP contribution >= 0.6 is 0 Å². The fourth-order valence-corrected chi connectivity index (χ4v) is 2.69. The largest absolute Gasteiger partial charge is 0.444 e. The SMILES string of the molecule is CC(C)(C)OC(=O)N1CCN(CCCCc2cccnc2)CC1. The number of rotatable bonds is 5. The molecule has 2 heterocycles. The second kappa shape index (κ2) is 8.29. The van der Waals surface area contributed by atoms with Gasteiger partial charge in [0.1, 0.15) is 5.60 Å². The molecule has 0 spiro atoms. The van der Waals surface area contributed by atoms with Crippen LogP contribution in [0.5, 0.6) is 0 Å². The topological polar surface area (TPSA) is 45.7 Å². The molecule has 0 atom stereocenters. The molecule has 128 valence electrons. The zero-order valence-electron chi connectivity index (χ0n) is 14.6. The maximum Gasteiger partial charge on any atom is 0.410 e. The standard InChI is InChI=1S/C18H29N3O2/c1-18(2,3)23-17(22)21-13-11-20(12-14-21)10-5-4-7-16-8-6-9-19-15-16/h6,8-9,15H,4-5,7,10-14H2,1-3H3. The molecule has 2 rings (SSSR count). The van der Waals surface area contributed by atoms with Gasteiger partial charge in [-0.3, -0.25) is 9.88 Å². The Morgan fingerprint density at radius 3 is 2.57 bits per heavy atom. The minimum atomic E-state index is -0.416. The van der Waals surface area contributed by atoms with Gasteiger partial charge in [0.05, 0.1) is 0 Å². The second-order valence-electron chi connectivity index (χ2n) is 7.13. The maximum atomic E-state index is 12.0. The number of amides is 1. The Hall–Kier alpha value is -1.62. The molecular formula is C18H29N3O2. The Labute approximate surface area is 139 Å². The number of unbranched alkanes of at least 4 members (excludes halogenated alkanes) is 1. The molecule has 1 aliphatic rings. The van der Waals surface area contributed by atoms with E-state index >= 15 is 0 Å². The number of pyridine rings is 1. The van der Waals surface area contributed by atoms with Crippen molar-refractivity contribution in [3.63, 3.8) is 0 Å². The fraction of sp³-hybridized carbons (Fsp3) is 0.667. The molecule has 0 aliphatic carbocycles. The van der Waals surface area contributed by atoms with Crippen molar-refractivity contribution in [2.75, 3.05) is 32.7 Å². The lowest BCUT2D eigenvalue weighted by Gasteiger charge is -2.35.